The zero-order chi connectivity index (χ0) is 32.7. The summed E-state index contributed by atoms with van der Waals surface area (Å²) in [6.07, 6.45) is 20.9. The maximum Gasteiger partial charge on any atom is 0.0314 e. The van der Waals surface area contributed by atoms with E-state index in [0.29, 0.717) is 0 Å². The summed E-state index contributed by atoms with van der Waals surface area (Å²) < 4.78 is 0. The van der Waals surface area contributed by atoms with Crippen LogP contribution in [0.3, 0.4) is 0 Å². The van der Waals surface area contributed by atoms with Crippen LogP contribution in [0.2, 0.25) is 0 Å². The van der Waals surface area contributed by atoms with Crippen LogP contribution in [0.5, 0.6) is 0 Å². The Morgan fingerprint density at radius 1 is 0.348 bits per heavy atom. The van der Waals surface area contributed by atoms with Gasteiger partial charge in [0.1, 0.15) is 0 Å². The summed E-state index contributed by atoms with van der Waals surface area (Å²) in [4.78, 5) is 0. The first-order chi connectivity index (χ1) is 22.3. The first kappa shape index (κ1) is 35.3. The molecule has 0 aromatic heterocycles. The molecular formula is C44H60N2. The van der Waals surface area contributed by atoms with Gasteiger partial charge in [-0.3, -0.25) is 0 Å². The minimum atomic E-state index is 0.834. The number of rotatable bonds is 19. The van der Waals surface area contributed by atoms with Crippen molar-refractivity contribution in [3.05, 3.63) is 128 Å². The van der Waals surface area contributed by atoms with E-state index in [1.54, 1.807) is 0 Å². The fourth-order valence-corrected chi connectivity index (χ4v) is 7.12. The number of nitrogen functional groups attached to an aromatic ring is 2. The summed E-state index contributed by atoms with van der Waals surface area (Å²) in [6, 6.07) is 26.3. The molecule has 0 aliphatic heterocycles. The summed E-state index contributed by atoms with van der Waals surface area (Å²) in [5.74, 6) is 0. The third-order valence-corrected chi connectivity index (χ3v) is 9.91. The normalized spacial score (nSPS) is 11.3. The van der Waals surface area contributed by atoms with Crippen LogP contribution in [0.1, 0.15) is 133 Å². The molecule has 0 saturated heterocycles. The zero-order valence-corrected chi connectivity index (χ0v) is 29.4. The monoisotopic (exact) mass is 616 g/mol. The van der Waals surface area contributed by atoms with Gasteiger partial charge in [0.05, 0.1) is 0 Å². The van der Waals surface area contributed by atoms with E-state index in [9.17, 15) is 0 Å². The number of benzene rings is 4. The Bertz CT molecular complexity index is 1320. The second-order valence-electron chi connectivity index (χ2n) is 14.0. The molecule has 2 heteroatoms. The average molecular weight is 617 g/mol. The fourth-order valence-electron chi connectivity index (χ4n) is 7.12. The molecule has 4 N–H and O–H groups in total. The maximum atomic E-state index is 5.86. The van der Waals surface area contributed by atoms with Crippen LogP contribution in [-0.4, -0.2) is 0 Å². The van der Waals surface area contributed by atoms with Crippen molar-refractivity contribution in [1.82, 2.24) is 0 Å². The van der Waals surface area contributed by atoms with E-state index in [1.165, 1.54) is 146 Å². The van der Waals surface area contributed by atoms with E-state index in [1.807, 2.05) is 24.3 Å². The van der Waals surface area contributed by atoms with Crippen LogP contribution >= 0.6 is 0 Å². The maximum absolute atomic E-state index is 5.86. The number of hydrogen-bond acceptors (Lipinski definition) is 2. The summed E-state index contributed by atoms with van der Waals surface area (Å²) >= 11 is 0. The second-order valence-corrected chi connectivity index (χ2v) is 14.0. The molecule has 0 unspecified atom stereocenters. The van der Waals surface area contributed by atoms with E-state index >= 15 is 0 Å². The molecule has 0 atom stereocenters. The molecule has 0 aliphatic rings. The highest BCUT2D eigenvalue weighted by Gasteiger charge is 2.08. The number of hydrogen-bond donors (Lipinski definition) is 2. The largest absolute Gasteiger partial charge is 0.399 e. The summed E-state index contributed by atoms with van der Waals surface area (Å²) in [6.45, 7) is 9.09. The standard InChI is InChI=1S/C44H60N2/c1-33-27-39(28-34(2)43(33)31-37-19-23-41(45)24-20-37)17-15-13-11-9-7-5-6-8-10-12-14-16-18-40-29-35(3)44(36(4)30-40)32-38-21-25-42(46)26-22-38/h19-30H,5-18,31-32,45-46H2,1-4H3. The van der Waals surface area contributed by atoms with Crippen molar-refractivity contribution in [2.45, 2.75) is 130 Å². The quantitative estimate of drug-likeness (QED) is 0.0813. The molecule has 0 spiro atoms. The lowest BCUT2D eigenvalue weighted by Crippen LogP contribution is -1.99. The van der Waals surface area contributed by atoms with Crippen molar-refractivity contribution >= 4 is 11.4 Å². The number of anilines is 2. The van der Waals surface area contributed by atoms with Crippen molar-refractivity contribution in [2.24, 2.45) is 0 Å². The molecule has 0 radical (unpaired) electrons. The van der Waals surface area contributed by atoms with Gasteiger partial charge in [-0.25, -0.2) is 0 Å². The predicted octanol–water partition coefficient (Wildman–Crippen LogP) is 11.7. The summed E-state index contributed by atoms with van der Waals surface area (Å²) in [7, 11) is 0. The van der Waals surface area contributed by atoms with Crippen LogP contribution < -0.4 is 11.5 Å². The fraction of sp³-hybridized carbons (Fsp3) is 0.455. The van der Waals surface area contributed by atoms with Gasteiger partial charge in [-0.2, -0.15) is 0 Å². The van der Waals surface area contributed by atoms with Gasteiger partial charge >= 0.3 is 0 Å². The summed E-state index contributed by atoms with van der Waals surface area (Å²) in [5.41, 5.74) is 27.7. The molecule has 4 aromatic carbocycles. The van der Waals surface area contributed by atoms with Gasteiger partial charge in [-0.1, -0.05) is 113 Å². The number of aryl methyl sites for hydroxylation is 6. The molecule has 246 valence electrons. The minimum Gasteiger partial charge on any atom is -0.399 e. The van der Waals surface area contributed by atoms with Crippen LogP contribution in [0.15, 0.2) is 72.8 Å². The van der Waals surface area contributed by atoms with E-state index in [0.717, 1.165) is 24.2 Å². The van der Waals surface area contributed by atoms with E-state index in [2.05, 4.69) is 76.2 Å². The van der Waals surface area contributed by atoms with Crippen molar-refractivity contribution < 1.29 is 0 Å². The highest BCUT2D eigenvalue weighted by molar-refractivity contribution is 5.46. The lowest BCUT2D eigenvalue weighted by molar-refractivity contribution is 0.540. The molecule has 0 bridgehead atoms. The van der Waals surface area contributed by atoms with Gasteiger partial charge in [0, 0.05) is 11.4 Å². The molecule has 0 heterocycles. The third-order valence-electron chi connectivity index (χ3n) is 9.91. The highest BCUT2D eigenvalue weighted by Crippen LogP contribution is 2.24. The molecule has 0 saturated carbocycles. The number of nitrogens with two attached hydrogens (primary N) is 2. The second kappa shape index (κ2) is 18.6. The molecule has 2 nitrogen and oxygen atoms in total. The first-order valence-electron chi connectivity index (χ1n) is 18.2. The lowest BCUT2D eigenvalue weighted by Gasteiger charge is -2.13. The topological polar surface area (TPSA) is 52.0 Å². The average Bonchev–Trinajstić information content (AvgIpc) is 3.02. The van der Waals surface area contributed by atoms with E-state index < -0.39 is 0 Å². The highest BCUT2D eigenvalue weighted by atomic mass is 14.5. The van der Waals surface area contributed by atoms with Gasteiger partial charge in [-0.05, 0) is 146 Å². The van der Waals surface area contributed by atoms with Gasteiger partial charge in [0.2, 0.25) is 0 Å². The van der Waals surface area contributed by atoms with Crippen molar-refractivity contribution in [3.63, 3.8) is 0 Å². The Kier molecular flexibility index (Phi) is 14.3. The Balaban J connectivity index is 0.996. The van der Waals surface area contributed by atoms with Crippen molar-refractivity contribution in [1.29, 1.82) is 0 Å². The van der Waals surface area contributed by atoms with E-state index in [4.69, 9.17) is 11.5 Å². The Morgan fingerprint density at radius 2 is 0.609 bits per heavy atom. The van der Waals surface area contributed by atoms with Crippen molar-refractivity contribution in [3.8, 4) is 0 Å². The number of unbranched alkanes of at least 4 members (excludes halogenated alkanes) is 11. The molecule has 46 heavy (non-hydrogen) atoms. The minimum absolute atomic E-state index is 0.834. The zero-order valence-electron chi connectivity index (χ0n) is 29.4. The molecule has 4 rings (SSSR count). The van der Waals surface area contributed by atoms with Gasteiger partial charge < -0.3 is 11.5 Å². The van der Waals surface area contributed by atoms with Gasteiger partial charge in [-0.15, -0.1) is 0 Å². The SMILES string of the molecule is Cc1cc(CCCCCCCCCCCCCCc2cc(C)c(Cc3ccc(N)cc3)c(C)c2)cc(C)c1Cc1ccc(N)cc1. The molecule has 0 amide bonds. The lowest BCUT2D eigenvalue weighted by atomic mass is 9.92. The molecular weight excluding hydrogens is 556 g/mol. The molecule has 0 fully saturated rings. The van der Waals surface area contributed by atoms with Crippen LogP contribution in [0.4, 0.5) is 11.4 Å². The third kappa shape index (κ3) is 11.7. The Hall–Kier alpha value is -3.52. The van der Waals surface area contributed by atoms with Crippen LogP contribution in [0.25, 0.3) is 0 Å². The van der Waals surface area contributed by atoms with E-state index in [-0.39, 0.29) is 0 Å². The smallest absolute Gasteiger partial charge is 0.0314 e. The Morgan fingerprint density at radius 3 is 0.891 bits per heavy atom. The Labute approximate surface area is 281 Å². The van der Waals surface area contributed by atoms with Crippen LogP contribution in [-0.2, 0) is 25.7 Å². The first-order valence-corrected chi connectivity index (χ1v) is 18.2. The molecule has 0 aliphatic carbocycles. The van der Waals surface area contributed by atoms with Gasteiger partial charge in [0.25, 0.3) is 0 Å². The molecule has 4 aromatic rings. The summed E-state index contributed by atoms with van der Waals surface area (Å²) in [5, 5.41) is 0. The van der Waals surface area contributed by atoms with Crippen LogP contribution in [0, 0.1) is 27.7 Å². The van der Waals surface area contributed by atoms with Gasteiger partial charge in [0.15, 0.2) is 0 Å². The predicted molar refractivity (Wildman–Crippen MR) is 202 cm³/mol. The van der Waals surface area contributed by atoms with Crippen molar-refractivity contribution in [2.75, 3.05) is 11.5 Å².